The molecule has 0 atom stereocenters. The third-order valence-corrected chi connectivity index (χ3v) is 4.86. The van der Waals surface area contributed by atoms with Crippen LogP contribution in [-0.4, -0.2) is 52.8 Å². The van der Waals surface area contributed by atoms with E-state index < -0.39 is 0 Å². The maximum Gasteiger partial charge on any atom is 0.251 e. The molecule has 9 nitrogen and oxygen atoms in total. The van der Waals surface area contributed by atoms with E-state index in [2.05, 4.69) is 15.6 Å². The number of hydrogen-bond donors (Lipinski definition) is 3. The van der Waals surface area contributed by atoms with Crippen molar-refractivity contribution in [2.75, 3.05) is 32.7 Å². The summed E-state index contributed by atoms with van der Waals surface area (Å²) >= 11 is 0. The number of nitrogens with zero attached hydrogens (tertiary/aromatic N) is 3. The monoisotopic (exact) mass is 433 g/mol. The van der Waals surface area contributed by atoms with Gasteiger partial charge < -0.3 is 29.6 Å². The van der Waals surface area contributed by atoms with Gasteiger partial charge in [0.15, 0.2) is 23.0 Å². The summed E-state index contributed by atoms with van der Waals surface area (Å²) in [6.07, 6.45) is 5.43. The topological polar surface area (TPSA) is 110 Å². The SMILES string of the molecule is COc1ccc(Nc2nc(-c3ccc(C(=O)NCCO)cc3)cn3ccnc23)cc1OC. The van der Waals surface area contributed by atoms with Crippen molar-refractivity contribution in [1.82, 2.24) is 19.7 Å². The first-order chi connectivity index (χ1) is 15.6. The molecular formula is C23H23N5O4. The van der Waals surface area contributed by atoms with E-state index in [0.717, 1.165) is 11.3 Å². The first-order valence-electron chi connectivity index (χ1n) is 9.95. The van der Waals surface area contributed by atoms with E-state index >= 15 is 0 Å². The highest BCUT2D eigenvalue weighted by atomic mass is 16.5. The van der Waals surface area contributed by atoms with Crippen molar-refractivity contribution in [2.45, 2.75) is 0 Å². The van der Waals surface area contributed by atoms with Crippen molar-refractivity contribution >= 4 is 23.1 Å². The zero-order valence-electron chi connectivity index (χ0n) is 17.7. The Labute approximate surface area is 184 Å². The molecule has 2 heterocycles. The van der Waals surface area contributed by atoms with Gasteiger partial charge in [-0.05, 0) is 24.3 Å². The molecule has 4 aromatic rings. The summed E-state index contributed by atoms with van der Waals surface area (Å²) in [4.78, 5) is 21.2. The highest BCUT2D eigenvalue weighted by Crippen LogP contribution is 2.32. The molecule has 0 aliphatic rings. The maximum absolute atomic E-state index is 12.1. The number of fused-ring (bicyclic) bond motifs is 1. The van der Waals surface area contributed by atoms with Gasteiger partial charge in [-0.25, -0.2) is 9.97 Å². The van der Waals surface area contributed by atoms with Crippen LogP contribution in [-0.2, 0) is 0 Å². The first-order valence-corrected chi connectivity index (χ1v) is 9.95. The van der Waals surface area contributed by atoms with Gasteiger partial charge in [0.2, 0.25) is 0 Å². The van der Waals surface area contributed by atoms with Crippen LogP contribution >= 0.6 is 0 Å². The molecule has 0 radical (unpaired) electrons. The lowest BCUT2D eigenvalue weighted by Crippen LogP contribution is -2.26. The van der Waals surface area contributed by atoms with Crippen LogP contribution in [0.3, 0.4) is 0 Å². The lowest BCUT2D eigenvalue weighted by atomic mass is 10.1. The molecule has 2 aromatic carbocycles. The third-order valence-electron chi connectivity index (χ3n) is 4.86. The number of rotatable bonds is 8. The molecule has 32 heavy (non-hydrogen) atoms. The van der Waals surface area contributed by atoms with Crippen molar-refractivity contribution in [3.8, 4) is 22.8 Å². The second kappa shape index (κ2) is 9.36. The third kappa shape index (κ3) is 4.33. The minimum Gasteiger partial charge on any atom is -0.493 e. The van der Waals surface area contributed by atoms with Crippen LogP contribution in [0.15, 0.2) is 61.1 Å². The smallest absolute Gasteiger partial charge is 0.251 e. The fourth-order valence-corrected chi connectivity index (χ4v) is 3.27. The Balaban J connectivity index is 1.66. The number of hydrogen-bond acceptors (Lipinski definition) is 7. The van der Waals surface area contributed by atoms with Gasteiger partial charge in [0.1, 0.15) is 0 Å². The molecule has 0 saturated heterocycles. The Bertz CT molecular complexity index is 1240. The van der Waals surface area contributed by atoms with Crippen molar-refractivity contribution in [1.29, 1.82) is 0 Å². The lowest BCUT2D eigenvalue weighted by molar-refractivity contribution is 0.0945. The number of methoxy groups -OCH3 is 2. The Morgan fingerprint density at radius 1 is 1.09 bits per heavy atom. The number of aliphatic hydroxyl groups is 1. The van der Waals surface area contributed by atoms with Crippen LogP contribution < -0.4 is 20.1 Å². The molecule has 0 saturated carbocycles. The van der Waals surface area contributed by atoms with Gasteiger partial charge in [0.25, 0.3) is 5.91 Å². The van der Waals surface area contributed by atoms with Crippen LogP contribution in [0, 0.1) is 0 Å². The fourth-order valence-electron chi connectivity index (χ4n) is 3.27. The van der Waals surface area contributed by atoms with Crippen LogP contribution in [0.5, 0.6) is 11.5 Å². The van der Waals surface area contributed by atoms with Crippen molar-refractivity contribution in [3.05, 3.63) is 66.6 Å². The molecule has 0 fully saturated rings. The van der Waals surface area contributed by atoms with Crippen molar-refractivity contribution < 1.29 is 19.4 Å². The van der Waals surface area contributed by atoms with E-state index in [0.29, 0.717) is 34.2 Å². The minimum absolute atomic E-state index is 0.103. The molecule has 0 spiro atoms. The van der Waals surface area contributed by atoms with E-state index in [-0.39, 0.29) is 19.1 Å². The molecule has 2 aromatic heterocycles. The predicted molar refractivity (Wildman–Crippen MR) is 121 cm³/mol. The van der Waals surface area contributed by atoms with E-state index in [9.17, 15) is 4.79 Å². The largest absolute Gasteiger partial charge is 0.493 e. The second-order valence-corrected chi connectivity index (χ2v) is 6.88. The molecular weight excluding hydrogens is 410 g/mol. The summed E-state index contributed by atoms with van der Waals surface area (Å²) in [5, 5.41) is 14.8. The standard InChI is InChI=1S/C23H23N5O4/c1-31-19-8-7-17(13-20(19)32-2)26-21-22-24-9-11-28(22)14-18(27-21)15-3-5-16(6-4-15)23(30)25-10-12-29/h3-9,11,13-14,29H,10,12H2,1-2H3,(H,25,30)(H,26,27). The number of ether oxygens (including phenoxy) is 2. The van der Waals surface area contributed by atoms with Gasteiger partial charge in [-0.1, -0.05) is 12.1 Å². The molecule has 0 aliphatic heterocycles. The number of carbonyl (C=O) groups is 1. The molecule has 3 N–H and O–H groups in total. The van der Waals surface area contributed by atoms with Gasteiger partial charge >= 0.3 is 0 Å². The van der Waals surface area contributed by atoms with E-state index in [1.165, 1.54) is 0 Å². The predicted octanol–water partition coefficient (Wildman–Crippen LogP) is 2.88. The molecule has 0 unspecified atom stereocenters. The number of benzene rings is 2. The molecule has 1 amide bonds. The van der Waals surface area contributed by atoms with Gasteiger partial charge in [0.05, 0.1) is 26.5 Å². The van der Waals surface area contributed by atoms with Gasteiger partial charge in [-0.2, -0.15) is 0 Å². The number of imidazole rings is 1. The zero-order valence-corrected chi connectivity index (χ0v) is 17.7. The minimum atomic E-state index is -0.237. The highest BCUT2D eigenvalue weighted by molar-refractivity contribution is 5.94. The van der Waals surface area contributed by atoms with Gasteiger partial charge in [-0.3, -0.25) is 4.79 Å². The molecule has 0 aliphatic carbocycles. The maximum atomic E-state index is 12.1. The van der Waals surface area contributed by atoms with Crippen LogP contribution in [0.2, 0.25) is 0 Å². The summed E-state index contributed by atoms with van der Waals surface area (Å²) in [6, 6.07) is 12.6. The average molecular weight is 433 g/mol. The zero-order chi connectivity index (χ0) is 22.5. The normalized spacial score (nSPS) is 10.7. The summed E-state index contributed by atoms with van der Waals surface area (Å²) in [7, 11) is 3.17. The molecule has 4 rings (SSSR count). The summed E-state index contributed by atoms with van der Waals surface area (Å²) in [5.74, 6) is 1.57. The van der Waals surface area contributed by atoms with E-state index in [1.807, 2.05) is 47.1 Å². The van der Waals surface area contributed by atoms with Gasteiger partial charge in [0, 0.05) is 48.0 Å². The van der Waals surface area contributed by atoms with Crippen molar-refractivity contribution in [2.24, 2.45) is 0 Å². The molecule has 9 heteroatoms. The summed E-state index contributed by atoms with van der Waals surface area (Å²) < 4.78 is 12.6. The first kappa shape index (κ1) is 21.1. The Kier molecular flexibility index (Phi) is 6.18. The number of aliphatic hydroxyl groups excluding tert-OH is 1. The van der Waals surface area contributed by atoms with Crippen LogP contribution in [0.4, 0.5) is 11.5 Å². The quantitative estimate of drug-likeness (QED) is 0.392. The Morgan fingerprint density at radius 2 is 1.88 bits per heavy atom. The van der Waals surface area contributed by atoms with E-state index in [4.69, 9.17) is 19.6 Å². The number of carbonyl (C=O) groups excluding carboxylic acids is 1. The van der Waals surface area contributed by atoms with Gasteiger partial charge in [-0.15, -0.1) is 0 Å². The Hall–Kier alpha value is -4.11. The summed E-state index contributed by atoms with van der Waals surface area (Å²) in [6.45, 7) is 0.110. The fraction of sp³-hybridized carbons (Fsp3) is 0.174. The number of nitrogens with one attached hydrogen (secondary N) is 2. The number of anilines is 2. The highest BCUT2D eigenvalue weighted by Gasteiger charge is 2.12. The lowest BCUT2D eigenvalue weighted by Gasteiger charge is -2.13. The second-order valence-electron chi connectivity index (χ2n) is 6.88. The molecule has 164 valence electrons. The van der Waals surface area contributed by atoms with Crippen molar-refractivity contribution in [3.63, 3.8) is 0 Å². The van der Waals surface area contributed by atoms with Crippen LogP contribution in [0.25, 0.3) is 16.9 Å². The Morgan fingerprint density at radius 3 is 2.59 bits per heavy atom. The number of amides is 1. The number of aromatic nitrogens is 3. The van der Waals surface area contributed by atoms with Crippen LogP contribution in [0.1, 0.15) is 10.4 Å². The summed E-state index contributed by atoms with van der Waals surface area (Å²) in [5.41, 5.74) is 3.50. The average Bonchev–Trinajstić information content (AvgIpc) is 3.31. The molecule has 0 bridgehead atoms. The van der Waals surface area contributed by atoms with E-state index in [1.54, 1.807) is 32.5 Å².